The molecule has 0 aromatic carbocycles. The highest BCUT2D eigenvalue weighted by Gasteiger charge is 2.23. The molecule has 0 radical (unpaired) electrons. The lowest BCUT2D eigenvalue weighted by Gasteiger charge is -2.30. The van der Waals surface area contributed by atoms with Crippen molar-refractivity contribution in [2.75, 3.05) is 0 Å². The van der Waals surface area contributed by atoms with E-state index < -0.39 is 5.60 Å². The first-order valence-corrected chi connectivity index (χ1v) is 6.57. The minimum Gasteiger partial charge on any atom is -0.384 e. The van der Waals surface area contributed by atoms with Crippen LogP contribution in [-0.4, -0.2) is 43.0 Å². The molecule has 0 spiro atoms. The molecule has 0 aliphatic rings. The predicted octanol–water partition coefficient (Wildman–Crippen LogP) is 1.15. The van der Waals surface area contributed by atoms with Crippen molar-refractivity contribution in [1.29, 1.82) is 0 Å². The van der Waals surface area contributed by atoms with Gasteiger partial charge in [-0.05, 0) is 41.5 Å². The van der Waals surface area contributed by atoms with E-state index in [2.05, 4.69) is 10.3 Å². The van der Waals surface area contributed by atoms with Crippen molar-refractivity contribution in [3.05, 3.63) is 11.9 Å². The second kappa shape index (κ2) is 5.69. The van der Waals surface area contributed by atoms with Crippen LogP contribution in [0.15, 0.2) is 6.20 Å². The Balaban J connectivity index is 2.79. The van der Waals surface area contributed by atoms with Crippen LogP contribution in [0.4, 0.5) is 0 Å². The first-order chi connectivity index (χ1) is 8.62. The van der Waals surface area contributed by atoms with Crippen LogP contribution in [0.1, 0.15) is 47.2 Å². The normalized spacial score (nSPS) is 12.3. The molecular weight excluding hydrogens is 244 g/mol. The third-order valence-electron chi connectivity index (χ3n) is 2.86. The van der Waals surface area contributed by atoms with Gasteiger partial charge in [-0.3, -0.25) is 4.79 Å². The predicted molar refractivity (Wildman–Crippen MR) is 72.4 cm³/mol. The van der Waals surface area contributed by atoms with Crippen molar-refractivity contribution in [1.82, 2.24) is 19.9 Å². The van der Waals surface area contributed by atoms with Crippen LogP contribution in [0, 0.1) is 0 Å². The van der Waals surface area contributed by atoms with Crippen LogP contribution in [0.5, 0.6) is 0 Å². The SMILES string of the molecule is CC(C)N(C(=O)Cn1cc(C(C)(C)O)nn1)C(C)C. The van der Waals surface area contributed by atoms with Crippen LogP contribution in [0.2, 0.25) is 0 Å². The summed E-state index contributed by atoms with van der Waals surface area (Å²) in [7, 11) is 0. The van der Waals surface area contributed by atoms with Crippen LogP contribution in [0.3, 0.4) is 0 Å². The van der Waals surface area contributed by atoms with Crippen molar-refractivity contribution in [3.8, 4) is 0 Å². The molecule has 1 heterocycles. The van der Waals surface area contributed by atoms with Crippen LogP contribution < -0.4 is 0 Å². The largest absolute Gasteiger partial charge is 0.384 e. The Kier molecular flexibility index (Phi) is 4.68. The molecule has 0 aliphatic carbocycles. The monoisotopic (exact) mass is 268 g/mol. The van der Waals surface area contributed by atoms with E-state index in [0.29, 0.717) is 5.69 Å². The van der Waals surface area contributed by atoms with Gasteiger partial charge in [0.05, 0.1) is 6.20 Å². The average Bonchev–Trinajstić information content (AvgIpc) is 2.63. The van der Waals surface area contributed by atoms with E-state index in [1.165, 1.54) is 4.68 Å². The molecule has 0 saturated heterocycles. The van der Waals surface area contributed by atoms with Gasteiger partial charge in [0.2, 0.25) is 5.91 Å². The molecule has 6 heteroatoms. The second-order valence-electron chi connectivity index (χ2n) is 5.85. The third-order valence-corrected chi connectivity index (χ3v) is 2.86. The van der Waals surface area contributed by atoms with Gasteiger partial charge in [0, 0.05) is 12.1 Å². The van der Waals surface area contributed by atoms with Gasteiger partial charge in [0.15, 0.2) is 0 Å². The molecule has 0 bridgehead atoms. The third kappa shape index (κ3) is 4.02. The fraction of sp³-hybridized carbons (Fsp3) is 0.769. The molecule has 19 heavy (non-hydrogen) atoms. The number of carbonyl (C=O) groups is 1. The lowest BCUT2D eigenvalue weighted by molar-refractivity contribution is -0.135. The molecule has 1 rings (SSSR count). The zero-order valence-corrected chi connectivity index (χ0v) is 12.6. The summed E-state index contributed by atoms with van der Waals surface area (Å²) in [4.78, 5) is 14.0. The number of amides is 1. The molecule has 1 amide bonds. The molecule has 1 N–H and O–H groups in total. The summed E-state index contributed by atoms with van der Waals surface area (Å²) in [6.07, 6.45) is 1.61. The first-order valence-electron chi connectivity index (χ1n) is 6.57. The van der Waals surface area contributed by atoms with E-state index in [1.54, 1.807) is 20.0 Å². The molecule has 108 valence electrons. The Labute approximate surface area is 114 Å². The molecule has 0 aliphatic heterocycles. The Bertz CT molecular complexity index is 424. The van der Waals surface area contributed by atoms with Crippen LogP contribution >= 0.6 is 0 Å². The maximum Gasteiger partial charge on any atom is 0.244 e. The summed E-state index contributed by atoms with van der Waals surface area (Å²) in [6, 6.07) is 0.287. The minimum atomic E-state index is -1.04. The summed E-state index contributed by atoms with van der Waals surface area (Å²) >= 11 is 0. The maximum absolute atomic E-state index is 12.2. The number of nitrogens with zero attached hydrogens (tertiary/aromatic N) is 4. The van der Waals surface area contributed by atoms with Gasteiger partial charge in [-0.2, -0.15) is 0 Å². The number of carbonyl (C=O) groups excluding carboxylic acids is 1. The van der Waals surface area contributed by atoms with E-state index in [0.717, 1.165) is 0 Å². The summed E-state index contributed by atoms with van der Waals surface area (Å²) in [5.74, 6) is -0.00260. The van der Waals surface area contributed by atoms with Gasteiger partial charge < -0.3 is 10.0 Å². The summed E-state index contributed by atoms with van der Waals surface area (Å²) in [5.41, 5.74) is -0.585. The number of aromatic nitrogens is 3. The van der Waals surface area contributed by atoms with Crippen LogP contribution in [0.25, 0.3) is 0 Å². The van der Waals surface area contributed by atoms with E-state index in [9.17, 15) is 9.90 Å². The number of rotatable bonds is 5. The molecule has 0 fully saturated rings. The van der Waals surface area contributed by atoms with Gasteiger partial charge in [0.1, 0.15) is 17.8 Å². The highest BCUT2D eigenvalue weighted by Crippen LogP contribution is 2.16. The molecule has 0 saturated carbocycles. The van der Waals surface area contributed by atoms with E-state index >= 15 is 0 Å². The molecule has 0 unspecified atom stereocenters. The fourth-order valence-corrected chi connectivity index (χ4v) is 2.05. The van der Waals surface area contributed by atoms with Gasteiger partial charge >= 0.3 is 0 Å². The van der Waals surface area contributed by atoms with Gasteiger partial charge in [0.25, 0.3) is 0 Å². The lowest BCUT2D eigenvalue weighted by Crippen LogP contribution is -2.43. The summed E-state index contributed by atoms with van der Waals surface area (Å²) in [6.45, 7) is 11.4. The smallest absolute Gasteiger partial charge is 0.244 e. The second-order valence-corrected chi connectivity index (χ2v) is 5.85. The van der Waals surface area contributed by atoms with Crippen molar-refractivity contribution < 1.29 is 9.90 Å². The van der Waals surface area contributed by atoms with E-state index in [-0.39, 0.29) is 24.5 Å². The summed E-state index contributed by atoms with van der Waals surface area (Å²) < 4.78 is 1.47. The average molecular weight is 268 g/mol. The highest BCUT2D eigenvalue weighted by molar-refractivity contribution is 5.76. The van der Waals surface area contributed by atoms with Gasteiger partial charge in [-0.1, -0.05) is 5.21 Å². The van der Waals surface area contributed by atoms with Crippen molar-refractivity contribution in [3.63, 3.8) is 0 Å². The number of hydrogen-bond acceptors (Lipinski definition) is 4. The topological polar surface area (TPSA) is 71.2 Å². The quantitative estimate of drug-likeness (QED) is 0.869. The Morgan fingerprint density at radius 3 is 2.26 bits per heavy atom. The van der Waals surface area contributed by atoms with Gasteiger partial charge in [-0.15, -0.1) is 5.10 Å². The molecular formula is C13H24N4O2. The Morgan fingerprint density at radius 1 is 1.37 bits per heavy atom. The fourth-order valence-electron chi connectivity index (χ4n) is 2.05. The van der Waals surface area contributed by atoms with Crippen molar-refractivity contribution >= 4 is 5.91 Å². The van der Waals surface area contributed by atoms with Crippen LogP contribution in [-0.2, 0) is 16.9 Å². The number of hydrogen-bond donors (Lipinski definition) is 1. The number of aliphatic hydroxyl groups is 1. The highest BCUT2D eigenvalue weighted by atomic mass is 16.3. The zero-order chi connectivity index (χ0) is 14.8. The Hall–Kier alpha value is -1.43. The molecule has 1 aromatic rings. The van der Waals surface area contributed by atoms with Crippen molar-refractivity contribution in [2.24, 2.45) is 0 Å². The van der Waals surface area contributed by atoms with Gasteiger partial charge in [-0.25, -0.2) is 4.68 Å². The molecule has 0 atom stereocenters. The first kappa shape index (κ1) is 15.6. The molecule has 6 nitrogen and oxygen atoms in total. The molecule has 1 aromatic heterocycles. The minimum absolute atomic E-state index is 0.00260. The maximum atomic E-state index is 12.2. The standard InChI is InChI=1S/C13H24N4O2/c1-9(2)17(10(3)4)12(18)8-16-7-11(14-15-16)13(5,6)19/h7,9-10,19H,8H2,1-6H3. The zero-order valence-electron chi connectivity index (χ0n) is 12.6. The summed E-state index contributed by atoms with van der Waals surface area (Å²) in [5, 5.41) is 17.6. The van der Waals surface area contributed by atoms with Crippen molar-refractivity contribution in [2.45, 2.75) is 65.8 Å². The van der Waals surface area contributed by atoms with E-state index in [1.807, 2.05) is 32.6 Å². The Morgan fingerprint density at radius 2 is 1.89 bits per heavy atom. The van der Waals surface area contributed by atoms with E-state index in [4.69, 9.17) is 0 Å². The lowest BCUT2D eigenvalue weighted by atomic mass is 10.1.